The first-order chi connectivity index (χ1) is 10.6. The van der Waals surface area contributed by atoms with Crippen molar-refractivity contribution in [2.45, 2.75) is 6.61 Å². The molecule has 112 valence electrons. The van der Waals surface area contributed by atoms with Gasteiger partial charge in [0.2, 0.25) is 0 Å². The summed E-state index contributed by atoms with van der Waals surface area (Å²) in [6.45, 7) is 0.127. The summed E-state index contributed by atoms with van der Waals surface area (Å²) in [5.41, 5.74) is 1.16. The van der Waals surface area contributed by atoms with Crippen LogP contribution < -0.4 is 4.74 Å². The molecule has 3 rings (SSSR count). The van der Waals surface area contributed by atoms with E-state index in [0.717, 1.165) is 8.96 Å². The van der Waals surface area contributed by atoms with E-state index >= 15 is 0 Å². The Hall–Kier alpha value is -0.920. The highest BCUT2D eigenvalue weighted by molar-refractivity contribution is 14.1. The molecule has 0 saturated heterocycles. The molecule has 0 amide bonds. The average Bonchev–Trinajstić information content (AvgIpc) is 2.49. The second-order valence-corrected chi connectivity index (χ2v) is 7.08. The molecule has 0 N–H and O–H groups in total. The van der Waals surface area contributed by atoms with Gasteiger partial charge in [-0.3, -0.25) is 4.98 Å². The van der Waals surface area contributed by atoms with E-state index in [2.05, 4.69) is 43.5 Å². The van der Waals surface area contributed by atoms with Crippen LogP contribution in [0.1, 0.15) is 5.56 Å². The number of ether oxygens (including phenoxy) is 1. The Morgan fingerprint density at radius 2 is 2.09 bits per heavy atom. The predicted octanol–water partition coefficient (Wildman–Crippen LogP) is 5.97. The van der Waals surface area contributed by atoms with Gasteiger partial charge in [-0.25, -0.2) is 4.39 Å². The molecule has 0 bridgehead atoms. The lowest BCUT2D eigenvalue weighted by Crippen LogP contribution is -2.01. The van der Waals surface area contributed by atoms with Crippen LogP contribution in [0.25, 0.3) is 10.9 Å². The lowest BCUT2D eigenvalue weighted by molar-refractivity contribution is 0.301. The van der Waals surface area contributed by atoms with Crippen LogP contribution in [0.4, 0.5) is 4.39 Å². The van der Waals surface area contributed by atoms with E-state index in [1.54, 1.807) is 18.3 Å². The molecular weight excluding hydrogens is 483 g/mol. The lowest BCUT2D eigenvalue weighted by Gasteiger charge is -2.12. The Morgan fingerprint density at radius 1 is 1.27 bits per heavy atom. The summed E-state index contributed by atoms with van der Waals surface area (Å²) < 4.78 is 21.2. The van der Waals surface area contributed by atoms with Gasteiger partial charge in [0.05, 0.1) is 8.59 Å². The van der Waals surface area contributed by atoms with E-state index in [-0.39, 0.29) is 12.4 Å². The highest BCUT2D eigenvalue weighted by Crippen LogP contribution is 2.35. The van der Waals surface area contributed by atoms with E-state index in [9.17, 15) is 4.39 Å². The van der Waals surface area contributed by atoms with Crippen molar-refractivity contribution < 1.29 is 9.13 Å². The molecule has 0 saturated carbocycles. The van der Waals surface area contributed by atoms with Gasteiger partial charge < -0.3 is 4.74 Å². The second-order valence-electron chi connectivity index (χ2n) is 4.59. The molecule has 1 aromatic heterocycles. The van der Waals surface area contributed by atoms with Gasteiger partial charge in [0, 0.05) is 21.6 Å². The number of hydrogen-bond donors (Lipinski definition) is 0. The van der Waals surface area contributed by atoms with E-state index in [1.165, 1.54) is 6.07 Å². The number of hydrogen-bond acceptors (Lipinski definition) is 2. The average molecular weight is 493 g/mol. The van der Waals surface area contributed by atoms with Crippen LogP contribution in [0.2, 0.25) is 5.02 Å². The number of rotatable bonds is 3. The highest BCUT2D eigenvalue weighted by Gasteiger charge is 2.13. The number of fused-ring (bicyclic) bond motifs is 1. The van der Waals surface area contributed by atoms with E-state index in [1.807, 2.05) is 18.2 Å². The number of nitrogens with zero attached hydrogens (tertiary/aromatic N) is 1. The topological polar surface area (TPSA) is 22.1 Å². The van der Waals surface area contributed by atoms with Crippen molar-refractivity contribution in [3.63, 3.8) is 0 Å². The van der Waals surface area contributed by atoms with Gasteiger partial charge >= 0.3 is 0 Å². The molecule has 0 radical (unpaired) electrons. The summed E-state index contributed by atoms with van der Waals surface area (Å²) in [5.74, 6) is 0.304. The monoisotopic (exact) mass is 491 g/mol. The van der Waals surface area contributed by atoms with Crippen LogP contribution in [0.3, 0.4) is 0 Å². The minimum Gasteiger partial charge on any atom is -0.485 e. The molecule has 0 atom stereocenters. The van der Waals surface area contributed by atoms with Gasteiger partial charge in [-0.2, -0.15) is 0 Å². The summed E-state index contributed by atoms with van der Waals surface area (Å²) in [5, 5.41) is 1.44. The molecule has 2 nitrogen and oxygen atoms in total. The molecule has 0 spiro atoms. The largest absolute Gasteiger partial charge is 0.485 e. The van der Waals surface area contributed by atoms with Gasteiger partial charge in [-0.05, 0) is 52.9 Å². The molecule has 0 aliphatic heterocycles. The number of pyridine rings is 1. The number of aromatic nitrogens is 1. The Labute approximate surface area is 153 Å². The van der Waals surface area contributed by atoms with Crippen LogP contribution in [0.5, 0.6) is 5.75 Å². The number of halogens is 4. The van der Waals surface area contributed by atoms with Gasteiger partial charge in [-0.1, -0.05) is 33.6 Å². The maximum Gasteiger partial charge on any atom is 0.159 e. The summed E-state index contributed by atoms with van der Waals surface area (Å²) in [4.78, 5) is 4.34. The lowest BCUT2D eigenvalue weighted by atomic mass is 10.2. The highest BCUT2D eigenvalue weighted by atomic mass is 127. The smallest absolute Gasteiger partial charge is 0.159 e. The molecule has 0 aliphatic carbocycles. The molecule has 6 heteroatoms. The molecule has 0 unspecified atom stereocenters. The molecule has 3 aromatic rings. The summed E-state index contributed by atoms with van der Waals surface area (Å²) in [7, 11) is 0. The zero-order valence-corrected chi connectivity index (χ0v) is 15.6. The van der Waals surface area contributed by atoms with Crippen molar-refractivity contribution in [1.29, 1.82) is 0 Å². The first-order valence-corrected chi connectivity index (χ1v) is 8.60. The van der Waals surface area contributed by atoms with Crippen molar-refractivity contribution in [3.05, 3.63) is 67.0 Å². The second kappa shape index (κ2) is 6.68. The van der Waals surface area contributed by atoms with Crippen LogP contribution in [0.15, 0.2) is 47.1 Å². The van der Waals surface area contributed by atoms with Crippen molar-refractivity contribution in [2.75, 3.05) is 0 Å². The Balaban J connectivity index is 1.97. The fourth-order valence-corrected chi connectivity index (χ4v) is 3.57. The molecule has 1 heterocycles. The zero-order chi connectivity index (χ0) is 15.7. The normalized spacial score (nSPS) is 10.9. The third kappa shape index (κ3) is 3.21. The van der Waals surface area contributed by atoms with Crippen molar-refractivity contribution in [2.24, 2.45) is 0 Å². The quantitative estimate of drug-likeness (QED) is 0.420. The Morgan fingerprint density at radius 3 is 2.86 bits per heavy atom. The van der Waals surface area contributed by atoms with Crippen molar-refractivity contribution in [3.8, 4) is 5.75 Å². The molecular formula is C16H9BrClFINO. The predicted molar refractivity (Wildman–Crippen MR) is 97.9 cm³/mol. The Bertz CT molecular complexity index is 859. The maximum absolute atomic E-state index is 13.9. The molecule has 0 fully saturated rings. The van der Waals surface area contributed by atoms with E-state index in [4.69, 9.17) is 16.3 Å². The third-order valence-corrected chi connectivity index (χ3v) is 4.74. The zero-order valence-electron chi connectivity index (χ0n) is 11.1. The summed E-state index contributed by atoms with van der Waals surface area (Å²) in [6, 6.07) is 10.4. The van der Waals surface area contributed by atoms with Crippen molar-refractivity contribution in [1.82, 2.24) is 4.98 Å². The number of benzene rings is 2. The Kier molecular flexibility index (Phi) is 4.84. The minimum absolute atomic E-state index is 0.127. The van der Waals surface area contributed by atoms with E-state index < -0.39 is 0 Å². The minimum atomic E-state index is -0.310. The first kappa shape index (κ1) is 16.0. The van der Waals surface area contributed by atoms with E-state index in [0.29, 0.717) is 26.3 Å². The first-order valence-electron chi connectivity index (χ1n) is 6.35. The van der Waals surface area contributed by atoms with Crippen LogP contribution in [0, 0.1) is 9.39 Å². The van der Waals surface area contributed by atoms with Crippen molar-refractivity contribution >= 4 is 61.0 Å². The van der Waals surface area contributed by atoms with Crippen LogP contribution in [-0.2, 0) is 6.61 Å². The maximum atomic E-state index is 13.9. The molecule has 0 aliphatic rings. The fourth-order valence-electron chi connectivity index (χ4n) is 2.07. The summed E-state index contributed by atoms with van der Waals surface area (Å²) in [6.07, 6.45) is 1.68. The SMILES string of the molecule is Fc1cc(Br)ccc1COc1c(I)cc(Cl)c2cccnc12. The van der Waals surface area contributed by atoms with Crippen LogP contribution in [-0.4, -0.2) is 4.98 Å². The van der Waals surface area contributed by atoms with Gasteiger partial charge in [0.25, 0.3) is 0 Å². The molecule has 22 heavy (non-hydrogen) atoms. The summed E-state index contributed by atoms with van der Waals surface area (Å²) >= 11 is 11.6. The third-order valence-electron chi connectivity index (χ3n) is 3.14. The van der Waals surface area contributed by atoms with Gasteiger partial charge in [0.15, 0.2) is 5.75 Å². The standard InChI is InChI=1S/C16H9BrClFINO/c17-10-4-3-9(13(19)6-10)8-22-16-14(20)7-12(18)11-2-1-5-21-15(11)16/h1-7H,8H2. The van der Waals surface area contributed by atoms with Gasteiger partial charge in [-0.15, -0.1) is 0 Å². The molecule has 2 aromatic carbocycles. The van der Waals surface area contributed by atoms with Gasteiger partial charge in [0.1, 0.15) is 17.9 Å². The fraction of sp³-hybridized carbons (Fsp3) is 0.0625. The van der Waals surface area contributed by atoms with Crippen LogP contribution >= 0.6 is 50.1 Å².